The minimum atomic E-state index is -1.21. The number of hydrogen-bond donors (Lipinski definition) is 3. The summed E-state index contributed by atoms with van der Waals surface area (Å²) in [7, 11) is 0. The third-order valence-electron chi connectivity index (χ3n) is 2.58. The molecule has 1 amide bonds. The van der Waals surface area contributed by atoms with Crippen molar-refractivity contribution in [3.63, 3.8) is 0 Å². The van der Waals surface area contributed by atoms with Gasteiger partial charge in [-0.05, 0) is 12.5 Å². The predicted octanol–water partition coefficient (Wildman–Crippen LogP) is -1.74. The van der Waals surface area contributed by atoms with Gasteiger partial charge in [-0.15, -0.1) is 0 Å². The SMILES string of the molecule is N[C@H]1C(=O)N2C(C(=O)O)=C[C@H](O)C[C@H]12. The van der Waals surface area contributed by atoms with Gasteiger partial charge in [0, 0.05) is 0 Å². The number of carbonyl (C=O) groups is 2. The summed E-state index contributed by atoms with van der Waals surface area (Å²) in [5, 5.41) is 18.1. The first-order valence-corrected chi connectivity index (χ1v) is 4.24. The van der Waals surface area contributed by atoms with Gasteiger partial charge >= 0.3 is 5.97 Å². The fourth-order valence-electron chi connectivity index (χ4n) is 1.87. The molecular weight excluding hydrogens is 188 g/mol. The summed E-state index contributed by atoms with van der Waals surface area (Å²) < 4.78 is 0. The minimum absolute atomic E-state index is 0.166. The van der Waals surface area contributed by atoms with Crippen molar-refractivity contribution in [2.75, 3.05) is 0 Å². The van der Waals surface area contributed by atoms with Gasteiger partial charge in [0.25, 0.3) is 0 Å². The average molecular weight is 198 g/mol. The van der Waals surface area contributed by atoms with Gasteiger partial charge in [0.1, 0.15) is 11.7 Å². The Morgan fingerprint density at radius 3 is 2.86 bits per heavy atom. The van der Waals surface area contributed by atoms with Crippen molar-refractivity contribution in [1.29, 1.82) is 0 Å². The zero-order chi connectivity index (χ0) is 10.5. The van der Waals surface area contributed by atoms with E-state index in [0.29, 0.717) is 6.42 Å². The number of carbonyl (C=O) groups excluding carboxylic acids is 1. The van der Waals surface area contributed by atoms with Gasteiger partial charge in [-0.2, -0.15) is 0 Å². The van der Waals surface area contributed by atoms with E-state index in [0.717, 1.165) is 4.90 Å². The summed E-state index contributed by atoms with van der Waals surface area (Å²) in [6.45, 7) is 0. The largest absolute Gasteiger partial charge is 0.477 e. The number of carboxylic acids is 1. The van der Waals surface area contributed by atoms with Gasteiger partial charge in [-0.25, -0.2) is 4.79 Å². The quantitative estimate of drug-likeness (QED) is 0.434. The second-order valence-corrected chi connectivity index (χ2v) is 3.46. The number of carboxylic acid groups (broad SMARTS) is 1. The molecule has 0 aliphatic carbocycles. The zero-order valence-electron chi connectivity index (χ0n) is 7.25. The summed E-state index contributed by atoms with van der Waals surface area (Å²) in [6.07, 6.45) is 0.647. The van der Waals surface area contributed by atoms with Gasteiger partial charge < -0.3 is 15.9 Å². The molecule has 14 heavy (non-hydrogen) atoms. The molecule has 76 valence electrons. The first-order valence-electron chi connectivity index (χ1n) is 4.24. The van der Waals surface area contributed by atoms with Crippen LogP contribution in [0.3, 0.4) is 0 Å². The Hall–Kier alpha value is -1.40. The van der Waals surface area contributed by atoms with E-state index in [1.54, 1.807) is 0 Å². The molecule has 6 nitrogen and oxygen atoms in total. The van der Waals surface area contributed by atoms with E-state index in [4.69, 9.17) is 10.8 Å². The number of β-lactam (4-membered cyclic amide) rings is 1. The van der Waals surface area contributed by atoms with Crippen molar-refractivity contribution < 1.29 is 19.8 Å². The molecule has 1 saturated heterocycles. The Bertz CT molecular complexity index is 338. The number of aliphatic hydroxyl groups is 1. The van der Waals surface area contributed by atoms with Crippen molar-refractivity contribution in [2.24, 2.45) is 5.73 Å². The third-order valence-corrected chi connectivity index (χ3v) is 2.58. The lowest BCUT2D eigenvalue weighted by atomic mass is 9.86. The molecule has 0 bridgehead atoms. The Morgan fingerprint density at radius 1 is 1.64 bits per heavy atom. The topological polar surface area (TPSA) is 104 Å². The highest BCUT2D eigenvalue weighted by atomic mass is 16.4. The van der Waals surface area contributed by atoms with E-state index >= 15 is 0 Å². The van der Waals surface area contributed by atoms with Gasteiger partial charge in [0.2, 0.25) is 5.91 Å². The first kappa shape index (κ1) is 9.17. The lowest BCUT2D eigenvalue weighted by Crippen LogP contribution is -2.70. The molecule has 2 aliphatic rings. The number of hydrogen-bond acceptors (Lipinski definition) is 4. The van der Waals surface area contributed by atoms with E-state index in [1.165, 1.54) is 6.08 Å². The summed E-state index contributed by atoms with van der Waals surface area (Å²) in [6, 6.07) is -1.04. The molecule has 1 fully saturated rings. The molecule has 0 aromatic carbocycles. The van der Waals surface area contributed by atoms with Crippen LogP contribution in [0.15, 0.2) is 11.8 Å². The van der Waals surface area contributed by atoms with Gasteiger partial charge in [-0.1, -0.05) is 0 Å². The number of rotatable bonds is 1. The molecular formula is C8H10N2O4. The van der Waals surface area contributed by atoms with Crippen LogP contribution < -0.4 is 5.73 Å². The Morgan fingerprint density at radius 2 is 2.29 bits per heavy atom. The van der Waals surface area contributed by atoms with Crippen LogP contribution in [-0.2, 0) is 9.59 Å². The number of aliphatic hydroxyl groups excluding tert-OH is 1. The Balaban J connectivity index is 2.32. The van der Waals surface area contributed by atoms with Crippen LogP contribution in [0.4, 0.5) is 0 Å². The molecule has 0 unspecified atom stereocenters. The molecule has 2 aliphatic heterocycles. The van der Waals surface area contributed by atoms with Crippen LogP contribution in [0, 0.1) is 0 Å². The zero-order valence-corrected chi connectivity index (χ0v) is 7.25. The molecule has 3 atom stereocenters. The van der Waals surface area contributed by atoms with Crippen molar-refractivity contribution in [2.45, 2.75) is 24.6 Å². The van der Waals surface area contributed by atoms with Crippen LogP contribution in [0.5, 0.6) is 0 Å². The molecule has 0 radical (unpaired) electrons. The molecule has 0 aromatic heterocycles. The molecule has 4 N–H and O–H groups in total. The normalized spacial score (nSPS) is 35.9. The van der Waals surface area contributed by atoms with Crippen LogP contribution in [0.1, 0.15) is 6.42 Å². The maximum Gasteiger partial charge on any atom is 0.352 e. The molecule has 2 rings (SSSR count). The summed E-state index contributed by atoms with van der Waals surface area (Å²) >= 11 is 0. The second kappa shape index (κ2) is 2.79. The van der Waals surface area contributed by atoms with E-state index in [-0.39, 0.29) is 11.7 Å². The van der Waals surface area contributed by atoms with E-state index in [2.05, 4.69) is 0 Å². The van der Waals surface area contributed by atoms with E-state index < -0.39 is 24.0 Å². The van der Waals surface area contributed by atoms with Crippen LogP contribution in [-0.4, -0.2) is 45.2 Å². The molecule has 2 heterocycles. The second-order valence-electron chi connectivity index (χ2n) is 3.46. The monoisotopic (exact) mass is 198 g/mol. The Labute approximate surface area is 79.6 Å². The lowest BCUT2D eigenvalue weighted by molar-refractivity contribution is -0.153. The van der Waals surface area contributed by atoms with Gasteiger partial charge in [0.05, 0.1) is 12.1 Å². The van der Waals surface area contributed by atoms with Crippen molar-refractivity contribution >= 4 is 11.9 Å². The summed E-state index contributed by atoms with van der Waals surface area (Å²) in [5.41, 5.74) is 5.31. The smallest absolute Gasteiger partial charge is 0.352 e. The number of nitrogens with zero attached hydrogens (tertiary/aromatic N) is 1. The third kappa shape index (κ3) is 1.04. The van der Waals surface area contributed by atoms with Crippen LogP contribution in [0.25, 0.3) is 0 Å². The summed E-state index contributed by atoms with van der Waals surface area (Å²) in [4.78, 5) is 23.1. The maximum atomic E-state index is 11.2. The van der Waals surface area contributed by atoms with Gasteiger partial charge in [0.15, 0.2) is 0 Å². The van der Waals surface area contributed by atoms with E-state index in [9.17, 15) is 14.7 Å². The van der Waals surface area contributed by atoms with Crippen molar-refractivity contribution in [3.05, 3.63) is 11.8 Å². The van der Waals surface area contributed by atoms with E-state index in [1.807, 2.05) is 0 Å². The molecule has 6 heteroatoms. The number of amides is 1. The maximum absolute atomic E-state index is 11.2. The minimum Gasteiger partial charge on any atom is -0.477 e. The first-order chi connectivity index (χ1) is 6.52. The van der Waals surface area contributed by atoms with Gasteiger partial charge in [-0.3, -0.25) is 9.69 Å². The highest BCUT2D eigenvalue weighted by molar-refractivity contribution is 5.99. The van der Waals surface area contributed by atoms with Crippen molar-refractivity contribution in [1.82, 2.24) is 4.90 Å². The van der Waals surface area contributed by atoms with Crippen LogP contribution >= 0.6 is 0 Å². The fourth-order valence-corrected chi connectivity index (χ4v) is 1.87. The highest BCUT2D eigenvalue weighted by Gasteiger charge is 2.50. The molecule has 0 aromatic rings. The lowest BCUT2D eigenvalue weighted by Gasteiger charge is -2.48. The van der Waals surface area contributed by atoms with Crippen LogP contribution in [0.2, 0.25) is 0 Å². The Kier molecular flexibility index (Phi) is 1.83. The average Bonchev–Trinajstić information content (AvgIpc) is 2.15. The number of nitrogens with two attached hydrogens (primary N) is 1. The summed E-state index contributed by atoms with van der Waals surface area (Å²) in [5.74, 6) is -1.61. The fraction of sp³-hybridized carbons (Fsp3) is 0.500. The number of aliphatic carboxylic acids is 1. The molecule has 0 saturated carbocycles. The van der Waals surface area contributed by atoms with Crippen molar-refractivity contribution in [3.8, 4) is 0 Å². The standard InChI is InChI=1S/C8H10N2O4/c9-6-4-1-3(11)2-5(8(13)14)10(4)7(6)12/h2-4,6,11H,1,9H2,(H,13,14)/t3-,4-,6-/m1/s1. The molecule has 0 spiro atoms. The predicted molar refractivity (Wildman–Crippen MR) is 45.0 cm³/mol. The number of fused-ring (bicyclic) bond motifs is 1. The highest BCUT2D eigenvalue weighted by Crippen LogP contribution is 2.31.